The summed E-state index contributed by atoms with van der Waals surface area (Å²) in [4.78, 5) is 12.9. The van der Waals surface area contributed by atoms with Crippen LogP contribution in [0, 0.1) is 5.92 Å². The molecule has 134 valence electrons. The maximum Gasteiger partial charge on any atom is 0.251 e. The maximum atomic E-state index is 12.7. The number of nitrogens with one attached hydrogen (secondary N) is 1. The van der Waals surface area contributed by atoms with Gasteiger partial charge >= 0.3 is 0 Å². The second-order valence-electron chi connectivity index (χ2n) is 6.23. The Labute approximate surface area is 150 Å². The molecular weight excluding hydrogens is 334 g/mol. The normalized spacial score (nSPS) is 12.8. The van der Waals surface area contributed by atoms with Gasteiger partial charge in [-0.05, 0) is 35.7 Å². The van der Waals surface area contributed by atoms with E-state index in [4.69, 9.17) is 0 Å². The van der Waals surface area contributed by atoms with E-state index in [0.717, 1.165) is 24.7 Å². The van der Waals surface area contributed by atoms with Crippen LogP contribution in [0.5, 0.6) is 0 Å². The molecule has 1 atom stereocenters. The van der Waals surface area contributed by atoms with Crippen molar-refractivity contribution in [3.63, 3.8) is 0 Å². The van der Waals surface area contributed by atoms with E-state index in [1.54, 1.807) is 12.1 Å². The number of amides is 1. The molecule has 2 rings (SSSR count). The number of carbonyl (C=O) groups excluding carboxylic acids is 1. The van der Waals surface area contributed by atoms with Gasteiger partial charge in [0.25, 0.3) is 5.91 Å². The first kappa shape index (κ1) is 19.2. The maximum absolute atomic E-state index is 12.7. The Morgan fingerprint density at radius 3 is 2.00 bits per heavy atom. The highest BCUT2D eigenvalue weighted by molar-refractivity contribution is 7.90. The monoisotopic (exact) mass is 359 g/mol. The zero-order valence-corrected chi connectivity index (χ0v) is 15.7. The van der Waals surface area contributed by atoms with Crippen LogP contribution in [0.25, 0.3) is 0 Å². The fourth-order valence-corrected chi connectivity index (χ4v) is 3.60. The molecule has 1 amide bonds. The van der Waals surface area contributed by atoms with E-state index in [-0.39, 0.29) is 16.8 Å². The molecule has 5 heteroatoms. The number of carbonyl (C=O) groups is 1. The Bertz CT molecular complexity index is 795. The van der Waals surface area contributed by atoms with E-state index in [9.17, 15) is 13.2 Å². The molecule has 0 aliphatic carbocycles. The minimum atomic E-state index is -3.26. The molecule has 0 aromatic heterocycles. The van der Waals surface area contributed by atoms with Crippen molar-refractivity contribution < 1.29 is 13.2 Å². The Balaban J connectivity index is 2.25. The van der Waals surface area contributed by atoms with Gasteiger partial charge in [-0.3, -0.25) is 4.79 Å². The van der Waals surface area contributed by atoms with Crippen molar-refractivity contribution in [1.82, 2.24) is 5.32 Å². The van der Waals surface area contributed by atoms with E-state index < -0.39 is 9.84 Å². The molecule has 0 bridgehead atoms. The first-order chi connectivity index (χ1) is 11.9. The summed E-state index contributed by atoms with van der Waals surface area (Å²) in [7, 11) is -3.26. The molecular formula is C20H25NO3S. The Morgan fingerprint density at radius 1 is 0.960 bits per heavy atom. The molecule has 1 unspecified atom stereocenters. The lowest BCUT2D eigenvalue weighted by atomic mass is 9.88. The molecule has 2 aromatic rings. The summed E-state index contributed by atoms with van der Waals surface area (Å²) in [6, 6.07) is 15.9. The van der Waals surface area contributed by atoms with Gasteiger partial charge in [-0.1, -0.05) is 57.0 Å². The molecule has 0 radical (unpaired) electrons. The van der Waals surface area contributed by atoms with Crippen molar-refractivity contribution in [3.8, 4) is 0 Å². The van der Waals surface area contributed by atoms with Gasteiger partial charge in [0.2, 0.25) is 0 Å². The summed E-state index contributed by atoms with van der Waals surface area (Å²) >= 11 is 0. The van der Waals surface area contributed by atoms with Gasteiger partial charge in [0.1, 0.15) is 0 Å². The fraction of sp³-hybridized carbons (Fsp3) is 0.350. The van der Waals surface area contributed by atoms with E-state index in [0.29, 0.717) is 11.5 Å². The zero-order chi connectivity index (χ0) is 18.4. The topological polar surface area (TPSA) is 63.2 Å². The molecule has 1 N–H and O–H groups in total. The summed E-state index contributed by atoms with van der Waals surface area (Å²) in [5, 5.41) is 3.12. The highest BCUT2D eigenvalue weighted by Gasteiger charge is 2.23. The smallest absolute Gasteiger partial charge is 0.251 e. The van der Waals surface area contributed by atoms with Crippen molar-refractivity contribution in [1.29, 1.82) is 0 Å². The molecule has 0 fully saturated rings. The first-order valence-corrected chi connectivity index (χ1v) is 10.4. The van der Waals surface area contributed by atoms with E-state index >= 15 is 0 Å². The molecule has 0 aliphatic rings. The van der Waals surface area contributed by atoms with Crippen LogP contribution in [-0.4, -0.2) is 20.6 Å². The minimum Gasteiger partial charge on any atom is -0.345 e. The molecule has 4 nitrogen and oxygen atoms in total. The van der Waals surface area contributed by atoms with Gasteiger partial charge in [0, 0.05) is 11.8 Å². The van der Waals surface area contributed by atoms with Crippen LogP contribution in [0.3, 0.4) is 0 Å². The second-order valence-corrected chi connectivity index (χ2v) is 8.25. The molecule has 25 heavy (non-hydrogen) atoms. The van der Waals surface area contributed by atoms with Gasteiger partial charge < -0.3 is 5.32 Å². The largest absolute Gasteiger partial charge is 0.345 e. The lowest BCUT2D eigenvalue weighted by Gasteiger charge is -2.27. The van der Waals surface area contributed by atoms with Crippen LogP contribution in [0.4, 0.5) is 0 Å². The van der Waals surface area contributed by atoms with Crippen LogP contribution in [0.15, 0.2) is 59.5 Å². The molecule has 0 aliphatic heterocycles. The van der Waals surface area contributed by atoms with Crippen LogP contribution in [-0.2, 0) is 9.84 Å². The predicted molar refractivity (Wildman–Crippen MR) is 100 cm³/mol. The number of hydrogen-bond acceptors (Lipinski definition) is 3. The average molecular weight is 359 g/mol. The average Bonchev–Trinajstić information content (AvgIpc) is 2.62. The Kier molecular flexibility index (Phi) is 6.37. The van der Waals surface area contributed by atoms with Crippen molar-refractivity contribution in [2.24, 2.45) is 5.92 Å². The second kappa shape index (κ2) is 8.30. The standard InChI is InChI=1S/C20H25NO3S/c1-4-15(5-2)19(16-9-7-6-8-10-16)21-20(22)17-11-13-18(14-12-17)25(3,23)24/h6-15,19H,4-5H2,1-3H3,(H,21,22). The fourth-order valence-electron chi connectivity index (χ4n) is 2.97. The summed E-state index contributed by atoms with van der Waals surface area (Å²) in [6.07, 6.45) is 3.08. The van der Waals surface area contributed by atoms with Crippen molar-refractivity contribution >= 4 is 15.7 Å². The third kappa shape index (κ3) is 4.92. The van der Waals surface area contributed by atoms with Crippen LogP contribution in [0.2, 0.25) is 0 Å². The van der Waals surface area contributed by atoms with Crippen LogP contribution < -0.4 is 5.32 Å². The van der Waals surface area contributed by atoms with Gasteiger partial charge in [0.05, 0.1) is 10.9 Å². The Morgan fingerprint density at radius 2 is 1.52 bits per heavy atom. The van der Waals surface area contributed by atoms with E-state index in [1.165, 1.54) is 12.1 Å². The molecule has 0 spiro atoms. The highest BCUT2D eigenvalue weighted by atomic mass is 32.2. The summed E-state index contributed by atoms with van der Waals surface area (Å²) in [6.45, 7) is 4.24. The molecule has 2 aromatic carbocycles. The lowest BCUT2D eigenvalue weighted by molar-refractivity contribution is 0.0919. The lowest BCUT2D eigenvalue weighted by Crippen LogP contribution is -2.33. The van der Waals surface area contributed by atoms with Gasteiger partial charge in [-0.25, -0.2) is 8.42 Å². The third-order valence-corrected chi connectivity index (χ3v) is 5.64. The van der Waals surface area contributed by atoms with Crippen molar-refractivity contribution in [2.75, 3.05) is 6.26 Å². The molecule has 0 saturated carbocycles. The molecule has 0 saturated heterocycles. The SMILES string of the molecule is CCC(CC)C(NC(=O)c1ccc(S(C)(=O)=O)cc1)c1ccccc1. The van der Waals surface area contributed by atoms with Gasteiger partial charge in [-0.15, -0.1) is 0 Å². The van der Waals surface area contributed by atoms with Gasteiger partial charge in [-0.2, -0.15) is 0 Å². The predicted octanol–water partition coefficient (Wildman–Crippen LogP) is 4.00. The number of benzene rings is 2. The van der Waals surface area contributed by atoms with Crippen LogP contribution in [0.1, 0.15) is 48.7 Å². The zero-order valence-electron chi connectivity index (χ0n) is 14.9. The number of sulfone groups is 1. The number of rotatable bonds is 7. The molecule has 0 heterocycles. The van der Waals surface area contributed by atoms with E-state index in [2.05, 4.69) is 19.2 Å². The third-order valence-electron chi connectivity index (χ3n) is 4.51. The quantitative estimate of drug-likeness (QED) is 0.813. The highest BCUT2D eigenvalue weighted by Crippen LogP contribution is 2.27. The minimum absolute atomic E-state index is 0.0710. The van der Waals surface area contributed by atoms with Gasteiger partial charge in [0.15, 0.2) is 9.84 Å². The summed E-state index contributed by atoms with van der Waals surface area (Å²) in [5.41, 5.74) is 1.54. The Hall–Kier alpha value is -2.14. The number of hydrogen-bond donors (Lipinski definition) is 1. The first-order valence-electron chi connectivity index (χ1n) is 8.52. The van der Waals surface area contributed by atoms with Crippen LogP contribution >= 0.6 is 0 Å². The van der Waals surface area contributed by atoms with E-state index in [1.807, 2.05) is 30.3 Å². The summed E-state index contributed by atoms with van der Waals surface area (Å²) < 4.78 is 23.1. The van der Waals surface area contributed by atoms with Crippen molar-refractivity contribution in [3.05, 3.63) is 65.7 Å². The van der Waals surface area contributed by atoms with Crippen molar-refractivity contribution in [2.45, 2.75) is 37.6 Å². The summed E-state index contributed by atoms with van der Waals surface area (Å²) in [5.74, 6) is 0.141.